The smallest absolute Gasteiger partial charge is 0.417 e. The molecule has 0 saturated carbocycles. The maximum absolute atomic E-state index is 13.7. The van der Waals surface area contributed by atoms with E-state index in [9.17, 15) is 9.59 Å². The molecule has 0 spiro atoms. The third-order valence-corrected chi connectivity index (χ3v) is 18.3. The van der Waals surface area contributed by atoms with Crippen LogP contribution in [0.2, 0.25) is 36.3 Å². The second kappa shape index (κ2) is 13.7. The minimum absolute atomic E-state index is 0.0108. The van der Waals surface area contributed by atoms with E-state index < -0.39 is 28.8 Å². The van der Waals surface area contributed by atoms with Crippen LogP contribution < -0.4 is 0 Å². The highest BCUT2D eigenvalue weighted by molar-refractivity contribution is 6.74. The van der Waals surface area contributed by atoms with Gasteiger partial charge in [0.25, 0.3) is 0 Å². The molecule has 1 fully saturated rings. The Morgan fingerprint density at radius 1 is 1.13 bits per heavy atom. The van der Waals surface area contributed by atoms with Crippen molar-refractivity contribution in [2.45, 2.75) is 128 Å². The normalized spacial score (nSPS) is 18.9. The Labute approximate surface area is 239 Å². The number of carbonyl (C=O) groups excluding carboxylic acids is 2. The quantitative estimate of drug-likeness (QED) is 0.155. The van der Waals surface area contributed by atoms with E-state index in [-0.39, 0.29) is 35.7 Å². The number of rotatable bonds is 15. The summed E-state index contributed by atoms with van der Waals surface area (Å²) < 4.78 is 19.2. The van der Waals surface area contributed by atoms with Crippen LogP contribution in [0, 0.1) is 0 Å². The van der Waals surface area contributed by atoms with Crippen LogP contribution in [0.5, 0.6) is 0 Å². The minimum atomic E-state index is -2.19. The van der Waals surface area contributed by atoms with E-state index in [1.807, 2.05) is 36.4 Å². The molecule has 1 heterocycles. The van der Waals surface area contributed by atoms with Gasteiger partial charge in [0, 0.05) is 0 Å². The van der Waals surface area contributed by atoms with Crippen molar-refractivity contribution in [1.82, 2.24) is 4.90 Å². The number of hydrogen-bond acceptors (Lipinski definition) is 5. The minimum Gasteiger partial charge on any atom is -0.446 e. The molecule has 1 aromatic rings. The summed E-state index contributed by atoms with van der Waals surface area (Å²) in [6.07, 6.45) is 3.35. The van der Waals surface area contributed by atoms with Crippen LogP contribution in [0.1, 0.15) is 85.8 Å². The highest BCUT2D eigenvalue weighted by Gasteiger charge is 2.44. The van der Waals surface area contributed by atoms with Gasteiger partial charge in [0.15, 0.2) is 16.6 Å². The zero-order chi connectivity index (χ0) is 29.5. The number of hydrogen-bond donors (Lipinski definition) is 0. The van der Waals surface area contributed by atoms with Crippen molar-refractivity contribution in [2.75, 3.05) is 6.61 Å². The molecule has 8 heteroatoms. The van der Waals surface area contributed by atoms with Crippen molar-refractivity contribution in [3.05, 3.63) is 48.6 Å². The van der Waals surface area contributed by atoms with Gasteiger partial charge in [-0.3, -0.25) is 4.79 Å². The van der Waals surface area contributed by atoms with Crippen molar-refractivity contribution in [2.24, 2.45) is 0 Å². The lowest BCUT2D eigenvalue weighted by Crippen LogP contribution is -2.48. The summed E-state index contributed by atoms with van der Waals surface area (Å²) in [6, 6.07) is 12.4. The summed E-state index contributed by atoms with van der Waals surface area (Å²) in [5.41, 5.74) is 0.526. The number of cyclic esters (lactones) is 1. The molecule has 1 aliphatic rings. The van der Waals surface area contributed by atoms with E-state index in [1.165, 1.54) is 4.90 Å². The van der Waals surface area contributed by atoms with Gasteiger partial charge in [-0.25, -0.2) is 9.69 Å². The molecule has 0 radical (unpaired) electrons. The average Bonchev–Trinajstić information content (AvgIpc) is 3.27. The SMILES string of the molecule is C=CCC(C)(CC[C@@H](CC(=O)N1C(=O)OC[C@@H]1c1ccccc1)O[Si](C)(C)C(C)(C)C)O[Si](CC)(CC)CC. The number of amides is 2. The summed E-state index contributed by atoms with van der Waals surface area (Å²) >= 11 is 0. The van der Waals surface area contributed by atoms with Crippen molar-refractivity contribution in [3.63, 3.8) is 0 Å². The first kappa shape index (κ1) is 33.5. The van der Waals surface area contributed by atoms with E-state index in [0.717, 1.165) is 36.5 Å². The van der Waals surface area contributed by atoms with Gasteiger partial charge in [0.1, 0.15) is 12.6 Å². The molecule has 1 unspecified atom stereocenters. The van der Waals surface area contributed by atoms with Gasteiger partial charge in [-0.2, -0.15) is 0 Å². The maximum Gasteiger partial charge on any atom is 0.417 e. The largest absolute Gasteiger partial charge is 0.446 e. The Morgan fingerprint density at radius 3 is 2.23 bits per heavy atom. The van der Waals surface area contributed by atoms with Crippen LogP contribution in [0.15, 0.2) is 43.0 Å². The van der Waals surface area contributed by atoms with Gasteiger partial charge in [0.05, 0.1) is 18.1 Å². The zero-order valence-electron chi connectivity index (χ0n) is 26.0. The molecule has 3 atom stereocenters. The fourth-order valence-corrected chi connectivity index (χ4v) is 9.71. The van der Waals surface area contributed by atoms with Gasteiger partial charge in [-0.1, -0.05) is 78.0 Å². The van der Waals surface area contributed by atoms with Crippen molar-refractivity contribution in [1.29, 1.82) is 0 Å². The lowest BCUT2D eigenvalue weighted by molar-refractivity contribution is -0.131. The van der Waals surface area contributed by atoms with Crippen molar-refractivity contribution in [3.8, 4) is 0 Å². The predicted molar refractivity (Wildman–Crippen MR) is 165 cm³/mol. The first-order valence-electron chi connectivity index (χ1n) is 14.7. The lowest BCUT2D eigenvalue weighted by Gasteiger charge is -2.42. The van der Waals surface area contributed by atoms with Gasteiger partial charge in [-0.15, -0.1) is 6.58 Å². The van der Waals surface area contributed by atoms with Crippen LogP contribution in [0.3, 0.4) is 0 Å². The molecule has 1 aromatic carbocycles. The highest BCUT2D eigenvalue weighted by Crippen LogP contribution is 2.40. The Kier molecular flexibility index (Phi) is 11.8. The summed E-state index contributed by atoms with van der Waals surface area (Å²) in [5.74, 6) is -0.249. The van der Waals surface area contributed by atoms with E-state index in [1.54, 1.807) is 0 Å². The summed E-state index contributed by atoms with van der Waals surface area (Å²) in [7, 11) is -4.06. The molecule has 2 rings (SSSR count). The van der Waals surface area contributed by atoms with Crippen LogP contribution in [-0.2, 0) is 18.4 Å². The van der Waals surface area contributed by atoms with E-state index in [2.05, 4.69) is 68.1 Å². The van der Waals surface area contributed by atoms with E-state index >= 15 is 0 Å². The fraction of sp³-hybridized carbons (Fsp3) is 0.677. The van der Waals surface area contributed by atoms with Gasteiger partial charge >= 0.3 is 6.09 Å². The van der Waals surface area contributed by atoms with Crippen LogP contribution >= 0.6 is 0 Å². The van der Waals surface area contributed by atoms with Crippen LogP contribution in [-0.4, -0.2) is 51.8 Å². The number of carbonyl (C=O) groups is 2. The molecular formula is C31H53NO5Si2. The molecule has 6 nitrogen and oxygen atoms in total. The maximum atomic E-state index is 13.7. The van der Waals surface area contributed by atoms with Gasteiger partial charge in [0.2, 0.25) is 5.91 Å². The second-order valence-electron chi connectivity index (χ2n) is 12.8. The van der Waals surface area contributed by atoms with Crippen LogP contribution in [0.25, 0.3) is 0 Å². The second-order valence-corrected chi connectivity index (χ2v) is 22.2. The highest BCUT2D eigenvalue weighted by atomic mass is 28.4. The first-order valence-corrected chi connectivity index (χ1v) is 20.1. The zero-order valence-corrected chi connectivity index (χ0v) is 28.0. The molecule has 220 valence electrons. The third-order valence-electron chi connectivity index (χ3n) is 8.96. The van der Waals surface area contributed by atoms with Gasteiger partial charge in [-0.05, 0) is 68.0 Å². The first-order chi connectivity index (χ1) is 18.2. The topological polar surface area (TPSA) is 65.1 Å². The average molecular weight is 576 g/mol. The molecule has 0 aromatic heterocycles. The molecule has 0 N–H and O–H groups in total. The molecular weight excluding hydrogens is 523 g/mol. The summed E-state index contributed by atoms with van der Waals surface area (Å²) in [4.78, 5) is 27.7. The molecule has 0 aliphatic carbocycles. The molecule has 1 saturated heterocycles. The van der Waals surface area contributed by atoms with E-state index in [4.69, 9.17) is 13.6 Å². The third kappa shape index (κ3) is 8.62. The molecule has 0 bridgehead atoms. The number of ether oxygens (including phenoxy) is 1. The summed E-state index contributed by atoms with van der Waals surface area (Å²) in [5, 5.41) is -0.0108. The standard InChI is InChI=1S/C31H53NO5Si2/c1-11-21-31(8,37-39(12-2,13-3)14-4)22-20-26(36-38(9,10)30(5,6)7)23-28(33)32-27(24-35-29(32)34)25-18-16-15-17-19-25/h11,15-19,26-27H,1,12-14,20-24H2,2-10H3/t26-,27+,31?/m0/s1. The van der Waals surface area contributed by atoms with Crippen molar-refractivity contribution < 1.29 is 23.2 Å². The fourth-order valence-electron chi connectivity index (χ4n) is 5.16. The van der Waals surface area contributed by atoms with Crippen LogP contribution in [0.4, 0.5) is 4.79 Å². The molecule has 39 heavy (non-hydrogen) atoms. The Morgan fingerprint density at radius 2 is 1.72 bits per heavy atom. The monoisotopic (exact) mass is 575 g/mol. The Bertz CT molecular complexity index is 949. The molecule has 1 aliphatic heterocycles. The van der Waals surface area contributed by atoms with Crippen molar-refractivity contribution >= 4 is 28.6 Å². The lowest BCUT2D eigenvalue weighted by atomic mass is 9.93. The summed E-state index contributed by atoms with van der Waals surface area (Å²) in [6.45, 7) is 24.1. The van der Waals surface area contributed by atoms with E-state index in [0.29, 0.717) is 6.42 Å². The number of imide groups is 1. The number of nitrogens with zero attached hydrogens (tertiary/aromatic N) is 1. The number of benzene rings is 1. The molecule has 2 amide bonds. The van der Waals surface area contributed by atoms with Gasteiger partial charge < -0.3 is 13.6 Å². The predicted octanol–water partition coefficient (Wildman–Crippen LogP) is 8.62. The Balaban J connectivity index is 2.32. The Hall–Kier alpha value is -1.75.